The summed E-state index contributed by atoms with van der Waals surface area (Å²) < 4.78 is 2.09. The SMILES string of the molecule is CCC(=O)N1CCC(CC(=O)C2CCC([C@H]3c4ncc(Br)cc4CCc4cc(Cl)cc(Br)c43)CC2)CC1. The van der Waals surface area contributed by atoms with Crippen LogP contribution in [-0.4, -0.2) is 34.7 Å². The molecule has 2 aliphatic carbocycles. The summed E-state index contributed by atoms with van der Waals surface area (Å²) in [6, 6.07) is 6.38. The molecule has 2 aromatic rings. The predicted molar refractivity (Wildman–Crippen MR) is 155 cm³/mol. The molecule has 37 heavy (non-hydrogen) atoms. The fraction of sp³-hybridized carbons (Fsp3) is 0.567. The Balaban J connectivity index is 1.28. The Morgan fingerprint density at radius 3 is 2.41 bits per heavy atom. The second kappa shape index (κ2) is 11.9. The van der Waals surface area contributed by atoms with Gasteiger partial charge in [-0.2, -0.15) is 0 Å². The number of carbonyl (C=O) groups is 2. The molecule has 0 radical (unpaired) electrons. The highest BCUT2D eigenvalue weighted by Gasteiger charge is 2.37. The van der Waals surface area contributed by atoms with E-state index in [2.05, 4.69) is 44.0 Å². The van der Waals surface area contributed by atoms with Crippen LogP contribution in [0.2, 0.25) is 5.02 Å². The lowest BCUT2D eigenvalue weighted by Gasteiger charge is -2.36. The van der Waals surface area contributed by atoms with E-state index in [1.165, 1.54) is 22.4 Å². The average Bonchev–Trinajstić information content (AvgIpc) is 3.05. The van der Waals surface area contributed by atoms with E-state index in [1.807, 2.05) is 24.1 Å². The van der Waals surface area contributed by atoms with Crippen LogP contribution in [-0.2, 0) is 22.4 Å². The molecule has 1 aliphatic heterocycles. The zero-order chi connectivity index (χ0) is 26.1. The minimum Gasteiger partial charge on any atom is -0.343 e. The lowest BCUT2D eigenvalue weighted by Crippen LogP contribution is -2.39. The van der Waals surface area contributed by atoms with E-state index in [-0.39, 0.29) is 17.7 Å². The summed E-state index contributed by atoms with van der Waals surface area (Å²) >= 11 is 13.9. The van der Waals surface area contributed by atoms with E-state index in [9.17, 15) is 9.59 Å². The first-order valence-corrected chi connectivity index (χ1v) is 15.7. The van der Waals surface area contributed by atoms with E-state index < -0.39 is 0 Å². The van der Waals surface area contributed by atoms with Crippen LogP contribution in [0.25, 0.3) is 0 Å². The maximum atomic E-state index is 13.3. The molecule has 0 spiro atoms. The number of hydrogen-bond acceptors (Lipinski definition) is 3. The van der Waals surface area contributed by atoms with Crippen molar-refractivity contribution in [1.29, 1.82) is 0 Å². The van der Waals surface area contributed by atoms with Crippen LogP contribution < -0.4 is 0 Å². The van der Waals surface area contributed by atoms with Crippen molar-refractivity contribution in [3.05, 3.63) is 60.7 Å². The van der Waals surface area contributed by atoms with Crippen LogP contribution in [0.15, 0.2) is 33.3 Å². The molecule has 1 saturated carbocycles. The number of piperidine rings is 1. The highest BCUT2D eigenvalue weighted by Crippen LogP contribution is 2.48. The first-order valence-electron chi connectivity index (χ1n) is 13.8. The molecule has 0 bridgehead atoms. The van der Waals surface area contributed by atoms with Crippen LogP contribution >= 0.6 is 43.5 Å². The van der Waals surface area contributed by atoms with Crippen LogP contribution in [0, 0.1) is 17.8 Å². The van der Waals surface area contributed by atoms with E-state index in [1.54, 1.807) is 0 Å². The normalized spacial score (nSPS) is 24.2. The van der Waals surface area contributed by atoms with Gasteiger partial charge in [-0.25, -0.2) is 0 Å². The number of amides is 1. The van der Waals surface area contributed by atoms with Gasteiger partial charge >= 0.3 is 0 Å². The maximum absolute atomic E-state index is 13.3. The lowest BCUT2D eigenvalue weighted by atomic mass is 9.70. The number of aromatic nitrogens is 1. The molecule has 4 nitrogen and oxygen atoms in total. The number of Topliss-reactive ketones (excluding diaryl/α,β-unsaturated/α-hetero) is 1. The lowest BCUT2D eigenvalue weighted by molar-refractivity contribution is -0.132. The number of halogens is 3. The number of hydrogen-bond donors (Lipinski definition) is 0. The summed E-state index contributed by atoms with van der Waals surface area (Å²) in [5.74, 6) is 1.94. The summed E-state index contributed by atoms with van der Waals surface area (Å²) in [5, 5.41) is 0.767. The number of benzene rings is 1. The second-order valence-corrected chi connectivity index (χ2v) is 13.3. The summed E-state index contributed by atoms with van der Waals surface area (Å²) in [4.78, 5) is 32.2. The highest BCUT2D eigenvalue weighted by molar-refractivity contribution is 9.10. The van der Waals surface area contributed by atoms with Crippen molar-refractivity contribution in [2.75, 3.05) is 13.1 Å². The number of ketones is 1. The van der Waals surface area contributed by atoms with Gasteiger partial charge in [-0.05, 0) is 114 Å². The third-order valence-corrected chi connectivity index (χ3v) is 10.2. The van der Waals surface area contributed by atoms with Gasteiger partial charge in [-0.1, -0.05) is 34.5 Å². The van der Waals surface area contributed by atoms with E-state index in [4.69, 9.17) is 16.6 Å². The van der Waals surface area contributed by atoms with Crippen molar-refractivity contribution < 1.29 is 9.59 Å². The third-order valence-electron chi connectivity index (χ3n) is 8.88. The molecule has 0 N–H and O–H groups in total. The molecular formula is C30H35Br2ClN2O2. The fourth-order valence-electron chi connectivity index (χ4n) is 6.87. The number of fused-ring (bicyclic) bond motifs is 2. The second-order valence-electron chi connectivity index (χ2n) is 11.1. The van der Waals surface area contributed by atoms with Gasteiger partial charge in [0.05, 0.1) is 5.69 Å². The molecule has 1 saturated heterocycles. The van der Waals surface area contributed by atoms with Gasteiger partial charge in [0, 0.05) is 57.9 Å². The van der Waals surface area contributed by atoms with Gasteiger partial charge in [-0.15, -0.1) is 0 Å². The minimum atomic E-state index is 0.169. The quantitative estimate of drug-likeness (QED) is 0.331. The van der Waals surface area contributed by atoms with Crippen molar-refractivity contribution in [2.45, 2.75) is 77.0 Å². The molecule has 7 heteroatoms. The Morgan fingerprint density at radius 1 is 1.00 bits per heavy atom. The summed E-state index contributed by atoms with van der Waals surface area (Å²) in [5.41, 5.74) is 5.14. The van der Waals surface area contributed by atoms with Gasteiger partial charge in [0.15, 0.2) is 0 Å². The first-order chi connectivity index (χ1) is 17.8. The fourth-order valence-corrected chi connectivity index (χ4v) is 8.37. The number of aryl methyl sites for hydroxylation is 2. The number of carbonyl (C=O) groups excluding carboxylic acids is 2. The summed E-state index contributed by atoms with van der Waals surface area (Å²) in [7, 11) is 0. The standard InChI is InChI=1S/C30H35Br2ClN2O2/c1-2-27(37)35-11-9-18(10-12-35)13-26(36)19-3-5-20(6-4-19)29-28-21(15-24(33)16-25(28)32)7-8-22-14-23(31)17-34-30(22)29/h14-20,29H,2-13H2,1H3/t19?,20?,29-/m1/s1. The van der Waals surface area contributed by atoms with Gasteiger partial charge in [-0.3, -0.25) is 14.6 Å². The Hall–Kier alpha value is -1.24. The smallest absolute Gasteiger partial charge is 0.222 e. The number of nitrogens with zero attached hydrogens (tertiary/aromatic N) is 2. The highest BCUT2D eigenvalue weighted by atomic mass is 79.9. The zero-order valence-electron chi connectivity index (χ0n) is 21.4. The van der Waals surface area contributed by atoms with Gasteiger partial charge in [0.1, 0.15) is 5.78 Å². The monoisotopic (exact) mass is 648 g/mol. The van der Waals surface area contributed by atoms with E-state index in [0.29, 0.717) is 30.5 Å². The number of pyridine rings is 1. The van der Waals surface area contributed by atoms with Crippen LogP contribution in [0.5, 0.6) is 0 Å². The Morgan fingerprint density at radius 2 is 1.70 bits per heavy atom. The molecule has 0 unspecified atom stereocenters. The largest absolute Gasteiger partial charge is 0.343 e. The molecule has 2 fully saturated rings. The minimum absolute atomic E-state index is 0.169. The Kier molecular flexibility index (Phi) is 8.77. The van der Waals surface area contributed by atoms with Crippen molar-refractivity contribution in [2.24, 2.45) is 17.8 Å². The molecule has 2 heterocycles. The third kappa shape index (κ3) is 6.01. The van der Waals surface area contributed by atoms with Crippen molar-refractivity contribution >= 4 is 55.2 Å². The van der Waals surface area contributed by atoms with Gasteiger partial charge in [0.2, 0.25) is 5.91 Å². The van der Waals surface area contributed by atoms with E-state index >= 15 is 0 Å². The van der Waals surface area contributed by atoms with Crippen LogP contribution in [0.3, 0.4) is 0 Å². The zero-order valence-corrected chi connectivity index (χ0v) is 25.4. The number of likely N-dealkylation sites (tertiary alicyclic amines) is 1. The molecule has 1 aromatic carbocycles. The van der Waals surface area contributed by atoms with Crippen LogP contribution in [0.1, 0.15) is 86.6 Å². The van der Waals surface area contributed by atoms with E-state index in [0.717, 1.165) is 78.4 Å². The molecular weight excluding hydrogens is 616 g/mol. The van der Waals surface area contributed by atoms with Crippen molar-refractivity contribution in [3.63, 3.8) is 0 Å². The molecule has 1 atom stereocenters. The molecule has 5 rings (SSSR count). The topological polar surface area (TPSA) is 50.3 Å². The van der Waals surface area contributed by atoms with Crippen molar-refractivity contribution in [3.8, 4) is 0 Å². The average molecular weight is 651 g/mol. The molecule has 3 aliphatic rings. The molecule has 1 aromatic heterocycles. The first kappa shape index (κ1) is 27.3. The van der Waals surface area contributed by atoms with Gasteiger partial charge in [0.25, 0.3) is 0 Å². The number of rotatable bonds is 5. The van der Waals surface area contributed by atoms with Gasteiger partial charge < -0.3 is 4.90 Å². The van der Waals surface area contributed by atoms with Crippen LogP contribution in [0.4, 0.5) is 0 Å². The Labute approximate surface area is 242 Å². The molecule has 1 amide bonds. The summed E-state index contributed by atoms with van der Waals surface area (Å²) in [6.45, 7) is 3.53. The maximum Gasteiger partial charge on any atom is 0.222 e. The van der Waals surface area contributed by atoms with Crippen molar-refractivity contribution in [1.82, 2.24) is 9.88 Å². The molecule has 198 valence electrons. The summed E-state index contributed by atoms with van der Waals surface area (Å²) in [6.07, 6.45) is 11.0. The predicted octanol–water partition coefficient (Wildman–Crippen LogP) is 7.90. The Bertz CT molecular complexity index is 1170.